The first-order valence-electron chi connectivity index (χ1n) is 4.59. The highest BCUT2D eigenvalue weighted by Crippen LogP contribution is 2.54. The summed E-state index contributed by atoms with van der Waals surface area (Å²) in [5, 5.41) is 11.5. The second-order valence-corrected chi connectivity index (χ2v) is 4.05. The van der Waals surface area contributed by atoms with Gasteiger partial charge in [-0.15, -0.1) is 0 Å². The number of rotatable bonds is 3. The van der Waals surface area contributed by atoms with Gasteiger partial charge in [0.25, 0.3) is 0 Å². The Morgan fingerprint density at radius 2 is 2.00 bits per heavy atom. The van der Waals surface area contributed by atoms with Gasteiger partial charge in [0.05, 0.1) is 5.92 Å². The number of amides is 1. The monoisotopic (exact) mass is 183 g/mol. The Balaban J connectivity index is 1.76. The fraction of sp³-hybridized carbons (Fsp3) is 0.778. The third-order valence-corrected chi connectivity index (χ3v) is 2.94. The van der Waals surface area contributed by atoms with Crippen LogP contribution in [0.25, 0.3) is 0 Å². The number of nitrogens with one attached hydrogen (secondary N) is 1. The van der Waals surface area contributed by atoms with Gasteiger partial charge in [-0.25, -0.2) is 0 Å². The predicted molar refractivity (Wildman–Crippen MR) is 44.9 cm³/mol. The minimum absolute atomic E-state index is 0.0139. The molecule has 0 radical (unpaired) electrons. The Kier molecular flexibility index (Phi) is 1.78. The molecule has 0 heterocycles. The minimum atomic E-state index is -0.682. The SMILES string of the molecule is CC(=O)NC1CC1C1CC1C(=O)O. The number of hydrogen-bond acceptors (Lipinski definition) is 2. The standard InChI is InChI=1S/C9H13NO3/c1-4(11)10-8-3-6(8)5-2-7(5)9(12)13/h5-8H,2-3H2,1H3,(H,10,11)(H,12,13). The molecule has 4 nitrogen and oxygen atoms in total. The summed E-state index contributed by atoms with van der Waals surface area (Å²) in [4.78, 5) is 21.2. The molecule has 2 saturated carbocycles. The molecule has 72 valence electrons. The minimum Gasteiger partial charge on any atom is -0.481 e. The molecule has 0 bridgehead atoms. The molecule has 2 rings (SSSR count). The lowest BCUT2D eigenvalue weighted by atomic mass is 10.2. The van der Waals surface area contributed by atoms with Crippen LogP contribution in [0.2, 0.25) is 0 Å². The molecule has 0 aromatic rings. The zero-order valence-corrected chi connectivity index (χ0v) is 7.49. The van der Waals surface area contributed by atoms with E-state index in [1.807, 2.05) is 0 Å². The number of carboxylic acid groups (broad SMARTS) is 1. The van der Waals surface area contributed by atoms with Crippen molar-refractivity contribution in [3.05, 3.63) is 0 Å². The second-order valence-electron chi connectivity index (χ2n) is 4.05. The van der Waals surface area contributed by atoms with Crippen LogP contribution in [0.15, 0.2) is 0 Å². The van der Waals surface area contributed by atoms with Gasteiger partial charge in [-0.05, 0) is 24.7 Å². The maximum atomic E-state index is 10.7. The van der Waals surface area contributed by atoms with Crippen molar-refractivity contribution < 1.29 is 14.7 Å². The van der Waals surface area contributed by atoms with Gasteiger partial charge in [0.1, 0.15) is 0 Å². The Bertz CT molecular complexity index is 264. The number of carboxylic acids is 1. The largest absolute Gasteiger partial charge is 0.481 e. The molecule has 2 N–H and O–H groups in total. The highest BCUT2D eigenvalue weighted by atomic mass is 16.4. The van der Waals surface area contributed by atoms with E-state index in [2.05, 4.69) is 5.32 Å². The van der Waals surface area contributed by atoms with E-state index in [0.29, 0.717) is 11.8 Å². The molecule has 2 aliphatic rings. The Morgan fingerprint density at radius 3 is 2.46 bits per heavy atom. The first-order valence-corrected chi connectivity index (χ1v) is 4.59. The number of aliphatic carboxylic acids is 1. The van der Waals surface area contributed by atoms with Crippen molar-refractivity contribution in [1.29, 1.82) is 0 Å². The van der Waals surface area contributed by atoms with Crippen molar-refractivity contribution in [1.82, 2.24) is 5.32 Å². The lowest BCUT2D eigenvalue weighted by Gasteiger charge is -1.98. The molecule has 4 heteroatoms. The van der Waals surface area contributed by atoms with E-state index in [1.165, 1.54) is 6.92 Å². The molecular formula is C9H13NO3. The number of hydrogen-bond donors (Lipinski definition) is 2. The zero-order chi connectivity index (χ0) is 9.59. The molecule has 0 aliphatic heterocycles. The van der Waals surface area contributed by atoms with Crippen molar-refractivity contribution in [2.45, 2.75) is 25.8 Å². The molecule has 0 aromatic heterocycles. The Morgan fingerprint density at radius 1 is 1.31 bits per heavy atom. The van der Waals surface area contributed by atoms with Crippen LogP contribution in [0.4, 0.5) is 0 Å². The average Bonchev–Trinajstić information content (AvgIpc) is 2.71. The van der Waals surface area contributed by atoms with Crippen molar-refractivity contribution in [3.8, 4) is 0 Å². The molecule has 13 heavy (non-hydrogen) atoms. The van der Waals surface area contributed by atoms with Crippen LogP contribution in [-0.4, -0.2) is 23.0 Å². The van der Waals surface area contributed by atoms with Gasteiger partial charge in [0, 0.05) is 13.0 Å². The number of carbonyl (C=O) groups is 2. The lowest BCUT2D eigenvalue weighted by molar-refractivity contribution is -0.138. The lowest BCUT2D eigenvalue weighted by Crippen LogP contribution is -2.24. The van der Waals surface area contributed by atoms with Crippen LogP contribution in [0.1, 0.15) is 19.8 Å². The molecule has 4 atom stereocenters. The predicted octanol–water partition coefficient (Wildman–Crippen LogP) is 0.232. The summed E-state index contributed by atoms with van der Waals surface area (Å²) in [6.07, 6.45) is 1.77. The van der Waals surface area contributed by atoms with Gasteiger partial charge >= 0.3 is 5.97 Å². The van der Waals surface area contributed by atoms with E-state index in [-0.39, 0.29) is 17.9 Å². The molecule has 2 fully saturated rings. The first-order chi connectivity index (χ1) is 6.09. The van der Waals surface area contributed by atoms with Crippen LogP contribution in [0, 0.1) is 17.8 Å². The quantitative estimate of drug-likeness (QED) is 0.658. The van der Waals surface area contributed by atoms with E-state index < -0.39 is 5.97 Å². The summed E-state index contributed by atoms with van der Waals surface area (Å²) in [6.45, 7) is 1.50. The molecule has 0 aromatic carbocycles. The number of carbonyl (C=O) groups excluding carboxylic acids is 1. The zero-order valence-electron chi connectivity index (χ0n) is 7.49. The summed E-state index contributed by atoms with van der Waals surface area (Å²) in [5.74, 6) is -0.0680. The molecule has 4 unspecified atom stereocenters. The van der Waals surface area contributed by atoms with Crippen LogP contribution in [0.3, 0.4) is 0 Å². The molecular weight excluding hydrogens is 170 g/mol. The van der Waals surface area contributed by atoms with E-state index >= 15 is 0 Å². The average molecular weight is 183 g/mol. The highest BCUT2D eigenvalue weighted by molar-refractivity contribution is 5.75. The van der Waals surface area contributed by atoms with E-state index in [4.69, 9.17) is 5.11 Å². The van der Waals surface area contributed by atoms with Crippen LogP contribution >= 0.6 is 0 Å². The maximum Gasteiger partial charge on any atom is 0.306 e. The fourth-order valence-corrected chi connectivity index (χ4v) is 2.09. The second kappa shape index (κ2) is 2.72. The normalized spacial score (nSPS) is 41.0. The van der Waals surface area contributed by atoms with Gasteiger partial charge in [0.2, 0.25) is 5.91 Å². The van der Waals surface area contributed by atoms with Crippen molar-refractivity contribution in [3.63, 3.8) is 0 Å². The van der Waals surface area contributed by atoms with Crippen LogP contribution in [0.5, 0.6) is 0 Å². The molecule has 1 amide bonds. The van der Waals surface area contributed by atoms with Gasteiger partial charge in [-0.2, -0.15) is 0 Å². The topological polar surface area (TPSA) is 66.4 Å². The van der Waals surface area contributed by atoms with Gasteiger partial charge in [-0.1, -0.05) is 0 Å². The van der Waals surface area contributed by atoms with Gasteiger partial charge in [0.15, 0.2) is 0 Å². The molecule has 0 spiro atoms. The smallest absolute Gasteiger partial charge is 0.306 e. The summed E-state index contributed by atoms with van der Waals surface area (Å²) < 4.78 is 0. The van der Waals surface area contributed by atoms with E-state index in [0.717, 1.165) is 12.8 Å². The van der Waals surface area contributed by atoms with Crippen LogP contribution in [-0.2, 0) is 9.59 Å². The first kappa shape index (κ1) is 8.53. The van der Waals surface area contributed by atoms with Crippen molar-refractivity contribution in [2.24, 2.45) is 17.8 Å². The van der Waals surface area contributed by atoms with Crippen LogP contribution < -0.4 is 5.32 Å². The summed E-state index contributed by atoms with van der Waals surface area (Å²) >= 11 is 0. The van der Waals surface area contributed by atoms with Gasteiger partial charge < -0.3 is 10.4 Å². The summed E-state index contributed by atoms with van der Waals surface area (Å²) in [5.41, 5.74) is 0. The van der Waals surface area contributed by atoms with E-state index in [9.17, 15) is 9.59 Å². The Labute approximate surface area is 76.3 Å². The fourth-order valence-electron chi connectivity index (χ4n) is 2.09. The van der Waals surface area contributed by atoms with E-state index in [1.54, 1.807) is 0 Å². The molecule has 2 aliphatic carbocycles. The summed E-state index contributed by atoms with van der Waals surface area (Å²) in [6, 6.07) is 0.256. The Hall–Kier alpha value is -1.06. The third-order valence-electron chi connectivity index (χ3n) is 2.94. The highest BCUT2D eigenvalue weighted by Gasteiger charge is 2.56. The maximum absolute atomic E-state index is 10.7. The van der Waals surface area contributed by atoms with Gasteiger partial charge in [-0.3, -0.25) is 9.59 Å². The van der Waals surface area contributed by atoms with Crippen molar-refractivity contribution in [2.75, 3.05) is 0 Å². The third kappa shape index (κ3) is 1.66. The van der Waals surface area contributed by atoms with Crippen molar-refractivity contribution >= 4 is 11.9 Å². The summed E-state index contributed by atoms with van der Waals surface area (Å²) in [7, 11) is 0. The molecule has 0 saturated heterocycles.